The zero-order valence-electron chi connectivity index (χ0n) is 37.1. The Kier molecular flexibility index (Phi) is 26.0. The molecule has 1 aliphatic heterocycles. The van der Waals surface area contributed by atoms with Crippen molar-refractivity contribution >= 4 is 77.0 Å². The Hall–Kier alpha value is -7.25. The number of aliphatic imine (C=N–C) groups is 1. The van der Waals surface area contributed by atoms with Gasteiger partial charge in [-0.25, -0.2) is 0 Å². The summed E-state index contributed by atoms with van der Waals surface area (Å²) in [5.41, 5.74) is 10.7. The van der Waals surface area contributed by atoms with Gasteiger partial charge in [-0.2, -0.15) is 0 Å². The summed E-state index contributed by atoms with van der Waals surface area (Å²) in [5.74, 6) is -13.5. The first kappa shape index (κ1) is 58.8. The van der Waals surface area contributed by atoms with Crippen LogP contribution in [0.2, 0.25) is 0 Å². The van der Waals surface area contributed by atoms with Crippen molar-refractivity contribution < 1.29 is 88.2 Å². The third-order valence-electron chi connectivity index (χ3n) is 9.63. The SMILES string of the molecule is CCC(=O)N[C@H](CO)C(=O)N[C@@H](CO)C(=O)N[C@H](CO)C(=O)NCC(=O)N[C@H](CCCN=C(N)N)C(=O)NCC(=O)N[C@H](CC(=O)O)C(=O)N[C@@H](CO)C(=O)N1CCCC1C(=O)N[C@@H](C)C(=O)O. The van der Waals surface area contributed by atoms with Gasteiger partial charge in [0.05, 0.1) is 45.9 Å². The van der Waals surface area contributed by atoms with Gasteiger partial charge in [0.25, 0.3) is 0 Å². The first-order valence-corrected chi connectivity index (χ1v) is 20.9. The summed E-state index contributed by atoms with van der Waals surface area (Å²) in [5, 5.41) is 76.7. The van der Waals surface area contributed by atoms with Gasteiger partial charge in [-0.3, -0.25) is 62.5 Å². The molecule has 1 heterocycles. The van der Waals surface area contributed by atoms with Gasteiger partial charge in [0.1, 0.15) is 48.3 Å². The summed E-state index contributed by atoms with van der Waals surface area (Å²) in [4.78, 5) is 155. The van der Waals surface area contributed by atoms with E-state index in [2.05, 4.69) is 52.8 Å². The van der Waals surface area contributed by atoms with Crippen molar-refractivity contribution in [1.29, 1.82) is 0 Å². The van der Waals surface area contributed by atoms with E-state index in [0.717, 1.165) is 4.90 Å². The minimum absolute atomic E-state index is 0.0119. The largest absolute Gasteiger partial charge is 0.481 e. The van der Waals surface area contributed by atoms with E-state index < -0.39 is 165 Å². The lowest BCUT2D eigenvalue weighted by molar-refractivity contribution is -0.145. The summed E-state index contributed by atoms with van der Waals surface area (Å²) in [6.45, 7) is -3.17. The number of aliphatic carboxylic acids is 2. The highest BCUT2D eigenvalue weighted by Crippen LogP contribution is 2.19. The number of likely N-dealkylation sites (tertiary alicyclic amines) is 1. The smallest absolute Gasteiger partial charge is 0.325 e. The molecule has 1 unspecified atom stereocenters. The number of aliphatic hydroxyl groups excluding tert-OH is 4. The maximum Gasteiger partial charge on any atom is 0.325 e. The van der Waals surface area contributed by atoms with E-state index in [1.54, 1.807) is 0 Å². The molecule has 0 spiro atoms. The molecule has 31 nitrogen and oxygen atoms in total. The van der Waals surface area contributed by atoms with Gasteiger partial charge in [0.2, 0.25) is 59.1 Å². The maximum absolute atomic E-state index is 13.3. The monoisotopic (exact) mass is 975 g/mol. The number of hydrogen-bond donors (Lipinski definition) is 17. The molecular weight excluding hydrogens is 914 g/mol. The van der Waals surface area contributed by atoms with Crippen molar-refractivity contribution in [3.05, 3.63) is 0 Å². The molecule has 1 rings (SSSR count). The van der Waals surface area contributed by atoms with Crippen molar-refractivity contribution in [1.82, 2.24) is 52.8 Å². The number of nitrogens with two attached hydrogens (primary N) is 2. The van der Waals surface area contributed by atoms with Gasteiger partial charge < -0.3 is 94.9 Å². The Morgan fingerprint density at radius 3 is 1.56 bits per heavy atom. The summed E-state index contributed by atoms with van der Waals surface area (Å²) in [7, 11) is 0. The predicted octanol–water partition coefficient (Wildman–Crippen LogP) is -10.4. The molecule has 0 aromatic rings. The number of carboxylic acid groups (broad SMARTS) is 2. The number of amides is 10. The second-order valence-electron chi connectivity index (χ2n) is 14.9. The highest BCUT2D eigenvalue weighted by molar-refractivity contribution is 5.98. The van der Waals surface area contributed by atoms with Crippen LogP contribution in [0, 0.1) is 0 Å². The van der Waals surface area contributed by atoms with Crippen LogP contribution in [0.5, 0.6) is 0 Å². The summed E-state index contributed by atoms with van der Waals surface area (Å²) < 4.78 is 0. The van der Waals surface area contributed by atoms with Crippen LogP contribution in [-0.2, 0) is 57.5 Å². The van der Waals surface area contributed by atoms with Crippen molar-refractivity contribution in [2.24, 2.45) is 16.5 Å². The van der Waals surface area contributed by atoms with Crippen LogP contribution in [0.3, 0.4) is 0 Å². The normalized spacial score (nSPS) is 16.0. The van der Waals surface area contributed by atoms with E-state index in [1.807, 2.05) is 0 Å². The average molecular weight is 976 g/mol. The van der Waals surface area contributed by atoms with E-state index in [1.165, 1.54) is 13.8 Å². The number of rotatable bonds is 30. The first-order valence-electron chi connectivity index (χ1n) is 20.9. The number of guanidine groups is 1. The van der Waals surface area contributed by atoms with Crippen LogP contribution in [0.15, 0.2) is 4.99 Å². The standard InChI is InChI=1S/C37H61N13O18/c1-3-25(55)46-21(14-52)32(63)48-22(15-53)33(64)47-20(13-51)30(61)42-11-26(56)44-18(6-4-8-40-37(38)39)29(60)41-12-27(57)45-19(10-28(58)59)31(62)49-23(16-54)35(66)50-9-5-7-24(50)34(65)43-17(2)36(67)68/h17-24,51-54H,3-16H2,1-2H3,(H,41,60)(H,42,61)(H,43,65)(H,44,56)(H,45,57)(H,46,55)(H,47,64)(H,48,63)(H,49,62)(H,58,59)(H,67,68)(H4,38,39,40)/t17-,18+,19+,20+,21+,22-,23-,24?/m0/s1. The Morgan fingerprint density at radius 1 is 0.618 bits per heavy atom. The molecule has 0 aromatic heterocycles. The maximum atomic E-state index is 13.3. The second-order valence-corrected chi connectivity index (χ2v) is 14.9. The topological polar surface area (TPSA) is 502 Å². The number of carbonyl (C=O) groups is 12. The lowest BCUT2D eigenvalue weighted by Crippen LogP contribution is -2.59. The van der Waals surface area contributed by atoms with Gasteiger partial charge in [-0.1, -0.05) is 6.92 Å². The summed E-state index contributed by atoms with van der Waals surface area (Å²) in [6, 6.07) is -12.5. The van der Waals surface area contributed by atoms with E-state index in [-0.39, 0.29) is 44.7 Å². The molecule has 8 atom stereocenters. The third kappa shape index (κ3) is 20.5. The van der Waals surface area contributed by atoms with E-state index in [9.17, 15) is 83.1 Å². The van der Waals surface area contributed by atoms with E-state index >= 15 is 0 Å². The van der Waals surface area contributed by atoms with Gasteiger partial charge in [-0.05, 0) is 32.6 Å². The number of nitrogens with one attached hydrogen (secondary N) is 9. The van der Waals surface area contributed by atoms with E-state index in [4.69, 9.17) is 16.6 Å². The van der Waals surface area contributed by atoms with Crippen molar-refractivity contribution in [2.75, 3.05) is 52.6 Å². The second kappa shape index (κ2) is 30.1. The molecule has 1 fully saturated rings. The molecule has 1 saturated heterocycles. The quantitative estimate of drug-likeness (QED) is 0.0180. The number of carbonyl (C=O) groups excluding carboxylic acids is 10. The number of hydrogen-bond acceptors (Lipinski definition) is 17. The zero-order valence-corrected chi connectivity index (χ0v) is 37.1. The van der Waals surface area contributed by atoms with Crippen molar-refractivity contribution in [3.63, 3.8) is 0 Å². The van der Waals surface area contributed by atoms with Crippen LogP contribution in [0.25, 0.3) is 0 Å². The minimum Gasteiger partial charge on any atom is -0.481 e. The molecule has 1 aliphatic rings. The molecule has 68 heavy (non-hydrogen) atoms. The molecule has 0 bridgehead atoms. The van der Waals surface area contributed by atoms with Crippen LogP contribution in [0.1, 0.15) is 52.4 Å². The molecule has 0 radical (unpaired) electrons. The highest BCUT2D eigenvalue weighted by Gasteiger charge is 2.39. The Morgan fingerprint density at radius 2 is 1.07 bits per heavy atom. The Balaban J connectivity index is 2.98. The van der Waals surface area contributed by atoms with Crippen LogP contribution >= 0.6 is 0 Å². The number of aliphatic hydroxyl groups is 4. The molecule has 19 N–H and O–H groups in total. The Bertz CT molecular complexity index is 1870. The van der Waals surface area contributed by atoms with E-state index in [0.29, 0.717) is 6.42 Å². The summed E-state index contributed by atoms with van der Waals surface area (Å²) in [6.07, 6.45) is -0.803. The van der Waals surface area contributed by atoms with Gasteiger partial charge >= 0.3 is 11.9 Å². The molecule has 0 aromatic carbocycles. The molecule has 31 heteroatoms. The van der Waals surface area contributed by atoms with Gasteiger partial charge in [0.15, 0.2) is 5.96 Å². The lowest BCUT2D eigenvalue weighted by Gasteiger charge is -2.29. The minimum atomic E-state index is -1.90. The lowest BCUT2D eigenvalue weighted by atomic mass is 10.1. The molecule has 0 saturated carbocycles. The Labute approximate surface area is 387 Å². The summed E-state index contributed by atoms with van der Waals surface area (Å²) >= 11 is 0. The average Bonchev–Trinajstić information content (AvgIpc) is 3.79. The fourth-order valence-corrected chi connectivity index (χ4v) is 5.98. The first-order chi connectivity index (χ1) is 32.0. The van der Waals surface area contributed by atoms with Crippen molar-refractivity contribution in [2.45, 2.75) is 101 Å². The molecule has 0 aliphatic carbocycles. The highest BCUT2D eigenvalue weighted by atomic mass is 16.4. The fraction of sp³-hybridized carbons (Fsp3) is 0.649. The fourth-order valence-electron chi connectivity index (χ4n) is 5.98. The molecular formula is C37H61N13O18. The number of carboxylic acids is 2. The third-order valence-corrected chi connectivity index (χ3v) is 9.63. The number of nitrogens with zero attached hydrogens (tertiary/aromatic N) is 2. The van der Waals surface area contributed by atoms with Crippen LogP contribution in [-0.4, -0.2) is 213 Å². The predicted molar refractivity (Wildman–Crippen MR) is 228 cm³/mol. The van der Waals surface area contributed by atoms with Gasteiger partial charge in [0, 0.05) is 19.5 Å². The van der Waals surface area contributed by atoms with Gasteiger partial charge in [-0.15, -0.1) is 0 Å². The van der Waals surface area contributed by atoms with Crippen LogP contribution < -0.4 is 59.3 Å². The van der Waals surface area contributed by atoms with Crippen molar-refractivity contribution in [3.8, 4) is 0 Å². The zero-order chi connectivity index (χ0) is 51.7. The molecule has 10 amide bonds. The molecule has 382 valence electrons. The van der Waals surface area contributed by atoms with Crippen LogP contribution in [0.4, 0.5) is 0 Å².